The van der Waals surface area contributed by atoms with Crippen LogP contribution in [0, 0.1) is 0 Å². The number of carboxylic acid groups (broad SMARTS) is 1. The zero-order chi connectivity index (χ0) is 13.7. The summed E-state index contributed by atoms with van der Waals surface area (Å²) >= 11 is 0. The third kappa shape index (κ3) is 3.34. The molecule has 5 nitrogen and oxygen atoms in total. The maximum Gasteiger partial charge on any atom is 0.303 e. The minimum absolute atomic E-state index is 0.0862. The van der Waals surface area contributed by atoms with Crippen molar-refractivity contribution in [2.45, 2.75) is 19.4 Å². The number of aryl methyl sites for hydroxylation is 1. The van der Waals surface area contributed by atoms with E-state index in [0.29, 0.717) is 13.0 Å². The molecule has 0 saturated carbocycles. The van der Waals surface area contributed by atoms with Crippen LogP contribution in [0.4, 0.5) is 0 Å². The number of hydrogen-bond acceptors (Lipinski definition) is 3. The van der Waals surface area contributed by atoms with Gasteiger partial charge in [0.1, 0.15) is 11.6 Å². The van der Waals surface area contributed by atoms with Crippen molar-refractivity contribution >= 4 is 5.97 Å². The summed E-state index contributed by atoms with van der Waals surface area (Å²) in [6.07, 6.45) is 4.05. The van der Waals surface area contributed by atoms with Crippen LogP contribution in [0.25, 0.3) is 0 Å². The second kappa shape index (κ2) is 6.04. The van der Waals surface area contributed by atoms with Crippen LogP contribution in [-0.2, 0) is 17.8 Å². The molecule has 2 rings (SSSR count). The van der Waals surface area contributed by atoms with Crippen LogP contribution in [0.15, 0.2) is 36.7 Å². The van der Waals surface area contributed by atoms with Crippen molar-refractivity contribution in [3.8, 4) is 5.75 Å². The maximum atomic E-state index is 10.6. The number of aromatic nitrogens is 2. The molecular formula is C14H16N2O3. The Morgan fingerprint density at radius 1 is 1.42 bits per heavy atom. The molecule has 1 aromatic heterocycles. The van der Waals surface area contributed by atoms with Gasteiger partial charge in [0.2, 0.25) is 0 Å². The van der Waals surface area contributed by atoms with Crippen molar-refractivity contribution in [3.63, 3.8) is 0 Å². The number of imidazole rings is 1. The van der Waals surface area contributed by atoms with Gasteiger partial charge in [-0.3, -0.25) is 4.79 Å². The molecule has 0 bridgehead atoms. The largest absolute Gasteiger partial charge is 0.496 e. The van der Waals surface area contributed by atoms with Gasteiger partial charge in [-0.15, -0.1) is 0 Å². The zero-order valence-corrected chi connectivity index (χ0v) is 10.7. The van der Waals surface area contributed by atoms with E-state index in [1.807, 2.05) is 35.0 Å². The quantitative estimate of drug-likeness (QED) is 0.862. The Bertz CT molecular complexity index is 563. The number of para-hydroxylation sites is 1. The van der Waals surface area contributed by atoms with Crippen LogP contribution in [0.3, 0.4) is 0 Å². The molecule has 1 N–H and O–H groups in total. The molecule has 1 heterocycles. The van der Waals surface area contributed by atoms with Gasteiger partial charge < -0.3 is 14.4 Å². The van der Waals surface area contributed by atoms with Gasteiger partial charge in [0.15, 0.2) is 0 Å². The topological polar surface area (TPSA) is 64.4 Å². The van der Waals surface area contributed by atoms with E-state index in [1.165, 1.54) is 0 Å². The molecule has 0 saturated heterocycles. The average Bonchev–Trinajstić information content (AvgIpc) is 2.84. The molecule has 19 heavy (non-hydrogen) atoms. The Morgan fingerprint density at radius 2 is 2.21 bits per heavy atom. The van der Waals surface area contributed by atoms with Crippen LogP contribution < -0.4 is 4.74 Å². The van der Waals surface area contributed by atoms with Crippen LogP contribution in [0.2, 0.25) is 0 Å². The van der Waals surface area contributed by atoms with Crippen LogP contribution in [0.1, 0.15) is 17.8 Å². The van der Waals surface area contributed by atoms with Gasteiger partial charge in [0.05, 0.1) is 20.1 Å². The van der Waals surface area contributed by atoms with Gasteiger partial charge in [-0.2, -0.15) is 0 Å². The first-order chi connectivity index (χ1) is 9.20. The second-order valence-electron chi connectivity index (χ2n) is 4.18. The highest BCUT2D eigenvalue weighted by atomic mass is 16.5. The Balaban J connectivity index is 2.15. The second-order valence-corrected chi connectivity index (χ2v) is 4.18. The fourth-order valence-electron chi connectivity index (χ4n) is 1.95. The fourth-order valence-corrected chi connectivity index (χ4v) is 1.95. The summed E-state index contributed by atoms with van der Waals surface area (Å²) in [7, 11) is 1.64. The number of benzene rings is 1. The minimum Gasteiger partial charge on any atom is -0.496 e. The van der Waals surface area contributed by atoms with E-state index in [9.17, 15) is 4.79 Å². The van der Waals surface area contributed by atoms with Crippen molar-refractivity contribution in [3.05, 3.63) is 48.0 Å². The number of nitrogens with zero attached hydrogens (tertiary/aromatic N) is 2. The Hall–Kier alpha value is -2.30. The molecule has 1 aromatic carbocycles. The summed E-state index contributed by atoms with van der Waals surface area (Å²) in [6, 6.07) is 7.76. The van der Waals surface area contributed by atoms with Gasteiger partial charge in [0.25, 0.3) is 0 Å². The first-order valence-electron chi connectivity index (χ1n) is 6.04. The first-order valence-corrected chi connectivity index (χ1v) is 6.04. The third-order valence-electron chi connectivity index (χ3n) is 2.90. The predicted octanol–water partition coefficient (Wildman–Crippen LogP) is 1.96. The van der Waals surface area contributed by atoms with Gasteiger partial charge in [-0.1, -0.05) is 18.2 Å². The summed E-state index contributed by atoms with van der Waals surface area (Å²) in [5.41, 5.74) is 1.04. The molecule has 0 aliphatic heterocycles. The number of methoxy groups -OCH3 is 1. The molecule has 0 aliphatic rings. The highest BCUT2D eigenvalue weighted by molar-refractivity contribution is 5.66. The molecule has 0 radical (unpaired) electrons. The van der Waals surface area contributed by atoms with E-state index in [0.717, 1.165) is 17.1 Å². The molecule has 100 valence electrons. The van der Waals surface area contributed by atoms with E-state index in [2.05, 4.69) is 4.98 Å². The summed E-state index contributed by atoms with van der Waals surface area (Å²) in [5.74, 6) is 0.778. The molecular weight excluding hydrogens is 244 g/mol. The monoisotopic (exact) mass is 260 g/mol. The molecule has 5 heteroatoms. The molecule has 0 spiro atoms. The lowest BCUT2D eigenvalue weighted by Gasteiger charge is -2.11. The normalized spacial score (nSPS) is 10.4. The molecule has 0 amide bonds. The van der Waals surface area contributed by atoms with E-state index < -0.39 is 5.97 Å². The summed E-state index contributed by atoms with van der Waals surface area (Å²) in [4.78, 5) is 14.8. The van der Waals surface area contributed by atoms with E-state index >= 15 is 0 Å². The van der Waals surface area contributed by atoms with Gasteiger partial charge in [0, 0.05) is 24.4 Å². The maximum absolute atomic E-state index is 10.6. The van der Waals surface area contributed by atoms with Crippen LogP contribution in [0.5, 0.6) is 5.75 Å². The lowest BCUT2D eigenvalue weighted by molar-refractivity contribution is -0.137. The summed E-state index contributed by atoms with van der Waals surface area (Å²) in [6.45, 7) is 0.624. The fraction of sp³-hybridized carbons (Fsp3) is 0.286. The molecule has 0 atom stereocenters. The van der Waals surface area contributed by atoms with Crippen molar-refractivity contribution in [2.24, 2.45) is 0 Å². The lowest BCUT2D eigenvalue weighted by Crippen LogP contribution is -2.07. The number of carboxylic acids is 1. The zero-order valence-electron chi connectivity index (χ0n) is 10.7. The highest BCUT2D eigenvalue weighted by Crippen LogP contribution is 2.19. The molecule has 0 fully saturated rings. The van der Waals surface area contributed by atoms with Crippen LogP contribution in [-0.4, -0.2) is 27.7 Å². The number of hydrogen-bond donors (Lipinski definition) is 1. The highest BCUT2D eigenvalue weighted by Gasteiger charge is 2.08. The molecule has 0 unspecified atom stereocenters. The Labute approximate surface area is 111 Å². The minimum atomic E-state index is -0.813. The number of aliphatic carboxylic acids is 1. The lowest BCUT2D eigenvalue weighted by atomic mass is 10.2. The van der Waals surface area contributed by atoms with Gasteiger partial charge >= 0.3 is 5.97 Å². The van der Waals surface area contributed by atoms with E-state index in [1.54, 1.807) is 13.3 Å². The number of ether oxygens (including phenoxy) is 1. The van der Waals surface area contributed by atoms with E-state index in [4.69, 9.17) is 9.84 Å². The average molecular weight is 260 g/mol. The number of carbonyl (C=O) groups is 1. The first kappa shape index (κ1) is 13.1. The summed E-state index contributed by atoms with van der Waals surface area (Å²) < 4.78 is 7.25. The van der Waals surface area contributed by atoms with Crippen molar-refractivity contribution < 1.29 is 14.6 Å². The standard InChI is InChI=1S/C14H16N2O3/c1-19-12-5-3-2-4-11(12)10-16-9-8-15-13(16)6-7-14(17)18/h2-5,8-9H,6-7,10H2,1H3,(H,17,18). The molecule has 0 aliphatic carbocycles. The number of rotatable bonds is 6. The molecule has 2 aromatic rings. The SMILES string of the molecule is COc1ccccc1Cn1ccnc1CCC(=O)O. The predicted molar refractivity (Wildman–Crippen MR) is 70.3 cm³/mol. The Morgan fingerprint density at radius 3 is 2.95 bits per heavy atom. The van der Waals surface area contributed by atoms with Gasteiger partial charge in [-0.05, 0) is 6.07 Å². The van der Waals surface area contributed by atoms with Crippen molar-refractivity contribution in [2.75, 3.05) is 7.11 Å². The van der Waals surface area contributed by atoms with Crippen molar-refractivity contribution in [1.29, 1.82) is 0 Å². The van der Waals surface area contributed by atoms with E-state index in [-0.39, 0.29) is 6.42 Å². The Kier molecular flexibility index (Phi) is 4.18. The smallest absolute Gasteiger partial charge is 0.303 e. The van der Waals surface area contributed by atoms with Gasteiger partial charge in [-0.25, -0.2) is 4.98 Å². The van der Waals surface area contributed by atoms with Crippen molar-refractivity contribution in [1.82, 2.24) is 9.55 Å². The van der Waals surface area contributed by atoms with Crippen LogP contribution >= 0.6 is 0 Å². The third-order valence-corrected chi connectivity index (χ3v) is 2.90. The summed E-state index contributed by atoms with van der Waals surface area (Å²) in [5, 5.41) is 8.72.